The number of amides is 1. The summed E-state index contributed by atoms with van der Waals surface area (Å²) in [7, 11) is 1.64. The van der Waals surface area contributed by atoms with Crippen LogP contribution in [0.4, 0.5) is 0 Å². The Morgan fingerprint density at radius 1 is 1.35 bits per heavy atom. The van der Waals surface area contributed by atoms with Crippen LogP contribution in [0.2, 0.25) is 0 Å². The number of hydrogen-bond acceptors (Lipinski definition) is 3. The van der Waals surface area contributed by atoms with E-state index in [4.69, 9.17) is 5.11 Å². The molecule has 0 aromatic heterocycles. The van der Waals surface area contributed by atoms with Gasteiger partial charge in [0.15, 0.2) is 0 Å². The first kappa shape index (κ1) is 13.4. The molecule has 1 N–H and O–H groups in total. The van der Waals surface area contributed by atoms with Gasteiger partial charge < -0.3 is 10.0 Å². The highest BCUT2D eigenvalue weighted by atomic mass is 32.2. The number of nitrogens with zero attached hydrogens (tertiary/aromatic N) is 1. The maximum atomic E-state index is 11.8. The first-order valence-electron chi connectivity index (χ1n) is 4.83. The molecule has 0 radical (unpaired) electrons. The maximum Gasteiger partial charge on any atom is 0.335 e. The van der Waals surface area contributed by atoms with Crippen molar-refractivity contribution >= 4 is 22.7 Å². The third-order valence-corrected chi connectivity index (χ3v) is 3.39. The van der Waals surface area contributed by atoms with Crippen molar-refractivity contribution in [3.63, 3.8) is 0 Å². The van der Waals surface area contributed by atoms with E-state index in [1.54, 1.807) is 20.2 Å². The van der Waals surface area contributed by atoms with Crippen LogP contribution in [0.3, 0.4) is 0 Å². The van der Waals surface area contributed by atoms with Gasteiger partial charge in [-0.2, -0.15) is 0 Å². The maximum absolute atomic E-state index is 11.8. The Morgan fingerprint density at radius 3 is 2.53 bits per heavy atom. The molecule has 1 unspecified atom stereocenters. The summed E-state index contributed by atoms with van der Waals surface area (Å²) in [5.41, 5.74) is 0.0631. The average Bonchev–Trinajstić information content (AvgIpc) is 2.28. The largest absolute Gasteiger partial charge is 0.478 e. The Morgan fingerprint density at radius 2 is 2.00 bits per heavy atom. The van der Waals surface area contributed by atoms with Gasteiger partial charge in [0.1, 0.15) is 5.75 Å². The molecule has 0 heterocycles. The number of aromatic carboxylic acids is 1. The normalized spacial score (nSPS) is 11.9. The van der Waals surface area contributed by atoms with Crippen LogP contribution in [0.15, 0.2) is 29.2 Å². The van der Waals surface area contributed by atoms with Crippen molar-refractivity contribution in [1.82, 2.24) is 4.90 Å². The highest BCUT2D eigenvalue weighted by Gasteiger charge is 2.13. The number of carboxylic acids is 1. The van der Waals surface area contributed by atoms with E-state index in [-0.39, 0.29) is 17.2 Å². The fourth-order valence-electron chi connectivity index (χ4n) is 1.10. The Labute approximate surface area is 102 Å². The molecule has 0 aliphatic carbocycles. The van der Waals surface area contributed by atoms with Crippen LogP contribution in [-0.4, -0.2) is 45.9 Å². The summed E-state index contributed by atoms with van der Waals surface area (Å²) >= 11 is 0. The van der Waals surface area contributed by atoms with Crippen molar-refractivity contribution in [1.29, 1.82) is 0 Å². The predicted octanol–water partition coefficient (Wildman–Crippen LogP) is 0.581. The van der Waals surface area contributed by atoms with E-state index in [1.807, 2.05) is 0 Å². The van der Waals surface area contributed by atoms with Gasteiger partial charge in [0.2, 0.25) is 5.91 Å². The van der Waals surface area contributed by atoms with Gasteiger partial charge in [-0.1, -0.05) is 6.07 Å². The molecule has 1 aromatic carbocycles. The Balaban J connectivity index is 2.86. The van der Waals surface area contributed by atoms with E-state index in [0.717, 1.165) is 0 Å². The average molecular weight is 255 g/mol. The Hall–Kier alpha value is -1.69. The van der Waals surface area contributed by atoms with Crippen molar-refractivity contribution in [2.75, 3.05) is 19.8 Å². The standard InChI is InChI=1S/C11H13NO4S/c1-12(2)10(13)7-17(16)9-5-3-4-8(6-9)11(14)15/h3-6H,7H2,1-2H3,(H,14,15). The third-order valence-electron chi connectivity index (χ3n) is 2.10. The van der Waals surface area contributed by atoms with Gasteiger partial charge in [-0.05, 0) is 18.2 Å². The second kappa shape index (κ2) is 5.58. The SMILES string of the molecule is CN(C)C(=O)CS(=O)c1cccc(C(=O)O)c1. The minimum absolute atomic E-state index is 0.0631. The second-order valence-corrected chi connectivity index (χ2v) is 5.06. The van der Waals surface area contributed by atoms with Crippen molar-refractivity contribution in [3.8, 4) is 0 Å². The minimum Gasteiger partial charge on any atom is -0.478 e. The minimum atomic E-state index is -1.52. The van der Waals surface area contributed by atoms with Crippen molar-refractivity contribution in [3.05, 3.63) is 29.8 Å². The molecule has 5 nitrogen and oxygen atoms in total. The summed E-state index contributed by atoms with van der Waals surface area (Å²) in [5, 5.41) is 8.79. The number of carbonyl (C=O) groups excluding carboxylic acids is 1. The molecule has 1 rings (SSSR count). The van der Waals surface area contributed by atoms with E-state index in [9.17, 15) is 13.8 Å². The zero-order chi connectivity index (χ0) is 13.0. The molecule has 0 aliphatic rings. The fourth-order valence-corrected chi connectivity index (χ4v) is 2.23. The van der Waals surface area contributed by atoms with Gasteiger partial charge >= 0.3 is 5.97 Å². The Kier molecular flexibility index (Phi) is 4.39. The second-order valence-electron chi connectivity index (χ2n) is 3.61. The smallest absolute Gasteiger partial charge is 0.335 e. The number of hydrogen-bond donors (Lipinski definition) is 1. The summed E-state index contributed by atoms with van der Waals surface area (Å²) < 4.78 is 11.8. The molecule has 1 aromatic rings. The van der Waals surface area contributed by atoms with Gasteiger partial charge in [-0.15, -0.1) is 0 Å². The summed E-state index contributed by atoms with van der Waals surface area (Å²) in [6, 6.07) is 5.79. The van der Waals surface area contributed by atoms with Gasteiger partial charge in [0.25, 0.3) is 0 Å². The van der Waals surface area contributed by atoms with Crippen molar-refractivity contribution < 1.29 is 18.9 Å². The lowest BCUT2D eigenvalue weighted by atomic mass is 10.2. The van der Waals surface area contributed by atoms with Crippen LogP contribution in [0, 0.1) is 0 Å². The van der Waals surface area contributed by atoms with E-state index in [1.165, 1.54) is 23.1 Å². The number of benzene rings is 1. The summed E-state index contributed by atoms with van der Waals surface area (Å²) in [6.07, 6.45) is 0. The molecule has 0 bridgehead atoms. The monoisotopic (exact) mass is 255 g/mol. The predicted molar refractivity (Wildman–Crippen MR) is 63.4 cm³/mol. The number of carboxylic acid groups (broad SMARTS) is 1. The van der Waals surface area contributed by atoms with Crippen LogP contribution >= 0.6 is 0 Å². The van der Waals surface area contributed by atoms with Gasteiger partial charge in [-0.25, -0.2) is 4.79 Å². The lowest BCUT2D eigenvalue weighted by molar-refractivity contribution is -0.125. The molecule has 17 heavy (non-hydrogen) atoms. The van der Waals surface area contributed by atoms with Crippen molar-refractivity contribution in [2.45, 2.75) is 4.90 Å². The summed E-state index contributed by atoms with van der Waals surface area (Å²) in [5.74, 6) is -1.48. The van der Waals surface area contributed by atoms with Crippen LogP contribution in [-0.2, 0) is 15.6 Å². The van der Waals surface area contributed by atoms with Crippen LogP contribution in [0.5, 0.6) is 0 Å². The number of carbonyl (C=O) groups is 2. The molecular weight excluding hydrogens is 242 g/mol. The fraction of sp³-hybridized carbons (Fsp3) is 0.273. The first-order chi connectivity index (χ1) is 7.91. The molecule has 92 valence electrons. The van der Waals surface area contributed by atoms with Crippen LogP contribution < -0.4 is 0 Å². The van der Waals surface area contributed by atoms with E-state index < -0.39 is 16.8 Å². The lowest BCUT2D eigenvalue weighted by Gasteiger charge is -2.09. The van der Waals surface area contributed by atoms with E-state index in [0.29, 0.717) is 4.90 Å². The zero-order valence-corrected chi connectivity index (χ0v) is 10.4. The molecule has 0 spiro atoms. The number of rotatable bonds is 4. The highest BCUT2D eigenvalue weighted by molar-refractivity contribution is 7.85. The zero-order valence-electron chi connectivity index (χ0n) is 9.54. The van der Waals surface area contributed by atoms with Crippen LogP contribution in [0.1, 0.15) is 10.4 Å². The molecule has 1 atom stereocenters. The van der Waals surface area contributed by atoms with Gasteiger partial charge in [0, 0.05) is 19.0 Å². The summed E-state index contributed by atoms with van der Waals surface area (Å²) in [6.45, 7) is 0. The lowest BCUT2D eigenvalue weighted by Crippen LogP contribution is -2.27. The van der Waals surface area contributed by atoms with Gasteiger partial charge in [-0.3, -0.25) is 9.00 Å². The summed E-state index contributed by atoms with van der Waals surface area (Å²) in [4.78, 5) is 23.8. The highest BCUT2D eigenvalue weighted by Crippen LogP contribution is 2.10. The quantitative estimate of drug-likeness (QED) is 0.854. The van der Waals surface area contributed by atoms with E-state index in [2.05, 4.69) is 0 Å². The molecule has 0 saturated carbocycles. The van der Waals surface area contributed by atoms with Crippen LogP contribution in [0.25, 0.3) is 0 Å². The third kappa shape index (κ3) is 3.67. The molecular formula is C11H13NO4S. The molecule has 0 saturated heterocycles. The molecule has 0 fully saturated rings. The van der Waals surface area contributed by atoms with E-state index >= 15 is 0 Å². The van der Waals surface area contributed by atoms with Gasteiger partial charge in [0.05, 0.1) is 16.4 Å². The first-order valence-corrected chi connectivity index (χ1v) is 6.15. The Bertz CT molecular complexity index is 470. The molecule has 6 heteroatoms. The van der Waals surface area contributed by atoms with Crippen molar-refractivity contribution in [2.24, 2.45) is 0 Å². The molecule has 1 amide bonds. The topological polar surface area (TPSA) is 74.7 Å². The molecule has 0 aliphatic heterocycles.